The molecule has 5 nitrogen and oxygen atoms in total. The molecule has 0 spiro atoms. The molecule has 1 aromatic rings. The normalized spacial score (nSPS) is 21.3. The van der Waals surface area contributed by atoms with E-state index in [4.69, 9.17) is 11.1 Å². The van der Waals surface area contributed by atoms with Gasteiger partial charge in [0.05, 0.1) is 17.2 Å². The molecule has 1 heterocycles. The molecular weight excluding hydrogens is 269 g/mol. The van der Waals surface area contributed by atoms with Gasteiger partial charge in [-0.25, -0.2) is 12.8 Å². The topological polar surface area (TPSA) is 87.2 Å². The third-order valence-electron chi connectivity index (χ3n) is 3.39. The lowest BCUT2D eigenvalue weighted by Gasteiger charge is -2.26. The minimum Gasteiger partial charge on any atom is -0.384 e. The van der Waals surface area contributed by atoms with Crippen LogP contribution in [-0.2, 0) is 9.84 Å². The predicted octanol–water partition coefficient (Wildman–Crippen LogP) is 0.733. The second kappa shape index (κ2) is 4.80. The zero-order chi connectivity index (χ0) is 14.2. The number of hydrogen-bond acceptors (Lipinski definition) is 4. The van der Waals surface area contributed by atoms with E-state index in [0.29, 0.717) is 17.7 Å². The first-order valence-electron chi connectivity index (χ1n) is 5.87. The highest BCUT2D eigenvalue weighted by Gasteiger charge is 2.31. The van der Waals surface area contributed by atoms with E-state index in [2.05, 4.69) is 0 Å². The maximum atomic E-state index is 14.0. The van der Waals surface area contributed by atoms with E-state index in [1.807, 2.05) is 0 Å². The number of hydrogen-bond donors (Lipinski definition) is 2. The van der Waals surface area contributed by atoms with Gasteiger partial charge in [-0.2, -0.15) is 0 Å². The Labute approximate surface area is 111 Å². The number of nitrogens with two attached hydrogens (primary N) is 1. The van der Waals surface area contributed by atoms with Crippen LogP contribution in [0.1, 0.15) is 12.0 Å². The number of rotatable bonds is 3. The van der Waals surface area contributed by atoms with Crippen LogP contribution in [0, 0.1) is 11.2 Å². The molecule has 0 aliphatic carbocycles. The summed E-state index contributed by atoms with van der Waals surface area (Å²) >= 11 is 0. The summed E-state index contributed by atoms with van der Waals surface area (Å²) in [7, 11) is -1.32. The van der Waals surface area contributed by atoms with Crippen molar-refractivity contribution in [1.29, 1.82) is 5.41 Å². The van der Waals surface area contributed by atoms with Gasteiger partial charge in [0.25, 0.3) is 0 Å². The maximum Gasteiger partial charge on any atom is 0.152 e. The Kier molecular flexibility index (Phi) is 3.49. The lowest BCUT2D eigenvalue weighted by Crippen LogP contribution is -2.33. The zero-order valence-corrected chi connectivity index (χ0v) is 11.4. The van der Waals surface area contributed by atoms with Crippen molar-refractivity contribution in [2.24, 2.45) is 5.73 Å². The Morgan fingerprint density at radius 3 is 2.68 bits per heavy atom. The SMILES string of the molecule is CN(c1ccc(C(=N)N)cc1F)C1CCS(=O)(=O)C1. The number of sulfone groups is 1. The van der Waals surface area contributed by atoms with Gasteiger partial charge in [0.15, 0.2) is 9.84 Å². The Morgan fingerprint density at radius 2 is 2.21 bits per heavy atom. The van der Waals surface area contributed by atoms with Crippen molar-refractivity contribution < 1.29 is 12.8 Å². The molecule has 0 bridgehead atoms. The smallest absolute Gasteiger partial charge is 0.152 e. The van der Waals surface area contributed by atoms with Crippen molar-refractivity contribution in [2.45, 2.75) is 12.5 Å². The average Bonchev–Trinajstić information content (AvgIpc) is 2.68. The molecule has 1 unspecified atom stereocenters. The third kappa shape index (κ3) is 2.86. The van der Waals surface area contributed by atoms with Gasteiger partial charge < -0.3 is 10.6 Å². The van der Waals surface area contributed by atoms with E-state index >= 15 is 0 Å². The Morgan fingerprint density at radius 1 is 1.53 bits per heavy atom. The summed E-state index contributed by atoms with van der Waals surface area (Å²) in [6, 6.07) is 4.07. The van der Waals surface area contributed by atoms with Gasteiger partial charge in [0.2, 0.25) is 0 Å². The molecule has 0 radical (unpaired) electrons. The number of anilines is 1. The molecular formula is C12H16FN3O2S. The van der Waals surface area contributed by atoms with Gasteiger partial charge in [-0.05, 0) is 24.6 Å². The fourth-order valence-electron chi connectivity index (χ4n) is 2.24. The van der Waals surface area contributed by atoms with Crippen LogP contribution < -0.4 is 10.6 Å². The summed E-state index contributed by atoms with van der Waals surface area (Å²) in [6.07, 6.45) is 0.507. The summed E-state index contributed by atoms with van der Waals surface area (Å²) in [6.45, 7) is 0. The minimum atomic E-state index is -3.00. The van der Waals surface area contributed by atoms with E-state index in [-0.39, 0.29) is 23.4 Å². The summed E-state index contributed by atoms with van der Waals surface area (Å²) in [5.74, 6) is -0.497. The number of halogens is 1. The molecule has 1 fully saturated rings. The highest BCUT2D eigenvalue weighted by Crippen LogP contribution is 2.25. The Balaban J connectivity index is 2.25. The van der Waals surface area contributed by atoms with Crippen LogP contribution in [0.5, 0.6) is 0 Å². The molecule has 1 atom stereocenters. The van der Waals surface area contributed by atoms with Crippen molar-refractivity contribution >= 4 is 21.4 Å². The van der Waals surface area contributed by atoms with Gasteiger partial charge in [0.1, 0.15) is 11.7 Å². The van der Waals surface area contributed by atoms with E-state index < -0.39 is 15.7 Å². The Hall–Kier alpha value is -1.63. The minimum absolute atomic E-state index is 0.0530. The van der Waals surface area contributed by atoms with Crippen molar-refractivity contribution in [2.75, 3.05) is 23.5 Å². The van der Waals surface area contributed by atoms with Crippen molar-refractivity contribution in [3.8, 4) is 0 Å². The van der Waals surface area contributed by atoms with Gasteiger partial charge in [0, 0.05) is 18.7 Å². The van der Waals surface area contributed by atoms with Crippen molar-refractivity contribution in [3.63, 3.8) is 0 Å². The molecule has 1 aliphatic heterocycles. The first-order chi connectivity index (χ1) is 8.80. The fourth-order valence-corrected chi connectivity index (χ4v) is 4.01. The van der Waals surface area contributed by atoms with Crippen LogP contribution in [-0.4, -0.2) is 38.8 Å². The van der Waals surface area contributed by atoms with E-state index in [9.17, 15) is 12.8 Å². The van der Waals surface area contributed by atoms with Crippen molar-refractivity contribution in [3.05, 3.63) is 29.6 Å². The summed E-state index contributed by atoms with van der Waals surface area (Å²) in [5.41, 5.74) is 5.93. The summed E-state index contributed by atoms with van der Waals surface area (Å²) in [5, 5.41) is 7.25. The standard InChI is InChI=1S/C12H16FN3O2S/c1-16(9-4-5-19(17,18)7-9)11-3-2-8(12(14)15)6-10(11)13/h2-3,6,9H,4-5,7H2,1H3,(H3,14,15). The maximum absolute atomic E-state index is 14.0. The largest absolute Gasteiger partial charge is 0.384 e. The van der Waals surface area contributed by atoms with Crippen LogP contribution in [0.3, 0.4) is 0 Å². The molecule has 7 heteroatoms. The quantitative estimate of drug-likeness (QED) is 0.633. The van der Waals surface area contributed by atoms with E-state index in [0.717, 1.165) is 0 Å². The first kappa shape index (κ1) is 13.8. The number of nitrogens with one attached hydrogen (secondary N) is 1. The third-order valence-corrected chi connectivity index (χ3v) is 5.15. The van der Waals surface area contributed by atoms with E-state index in [1.54, 1.807) is 18.0 Å². The molecule has 1 aromatic carbocycles. The molecule has 3 N–H and O–H groups in total. The lowest BCUT2D eigenvalue weighted by molar-refractivity contribution is 0.597. The average molecular weight is 285 g/mol. The predicted molar refractivity (Wildman–Crippen MR) is 72.9 cm³/mol. The van der Waals surface area contributed by atoms with E-state index in [1.165, 1.54) is 12.1 Å². The molecule has 1 aliphatic rings. The van der Waals surface area contributed by atoms with Crippen LogP contribution >= 0.6 is 0 Å². The lowest BCUT2D eigenvalue weighted by atomic mass is 10.1. The molecule has 19 heavy (non-hydrogen) atoms. The Bertz CT molecular complexity index is 615. The summed E-state index contributed by atoms with van der Waals surface area (Å²) < 4.78 is 36.8. The first-order valence-corrected chi connectivity index (χ1v) is 7.69. The monoisotopic (exact) mass is 285 g/mol. The molecule has 1 saturated heterocycles. The zero-order valence-electron chi connectivity index (χ0n) is 10.6. The van der Waals surface area contributed by atoms with Crippen molar-refractivity contribution in [1.82, 2.24) is 0 Å². The molecule has 104 valence electrons. The van der Waals surface area contributed by atoms with Crippen LogP contribution in [0.15, 0.2) is 18.2 Å². The number of nitrogens with zero attached hydrogens (tertiary/aromatic N) is 1. The van der Waals surface area contributed by atoms with Crippen LogP contribution in [0.25, 0.3) is 0 Å². The second-order valence-corrected chi connectivity index (χ2v) is 6.98. The number of amidine groups is 1. The van der Waals surface area contributed by atoms with Crippen LogP contribution in [0.2, 0.25) is 0 Å². The van der Waals surface area contributed by atoms with Crippen LogP contribution in [0.4, 0.5) is 10.1 Å². The highest BCUT2D eigenvalue weighted by molar-refractivity contribution is 7.91. The molecule has 2 rings (SSSR count). The molecule has 0 aromatic heterocycles. The number of benzene rings is 1. The van der Waals surface area contributed by atoms with Gasteiger partial charge in [-0.15, -0.1) is 0 Å². The second-order valence-electron chi connectivity index (χ2n) is 4.75. The fraction of sp³-hybridized carbons (Fsp3) is 0.417. The highest BCUT2D eigenvalue weighted by atomic mass is 32.2. The van der Waals surface area contributed by atoms with Gasteiger partial charge in [-0.3, -0.25) is 5.41 Å². The molecule has 0 amide bonds. The molecule has 0 saturated carbocycles. The number of nitrogen functional groups attached to an aromatic ring is 1. The van der Waals surface area contributed by atoms with Gasteiger partial charge >= 0.3 is 0 Å². The summed E-state index contributed by atoms with van der Waals surface area (Å²) in [4.78, 5) is 1.64. The van der Waals surface area contributed by atoms with Gasteiger partial charge in [-0.1, -0.05) is 0 Å².